The number of furan rings is 1. The van der Waals surface area contributed by atoms with Crippen molar-refractivity contribution < 1.29 is 27.1 Å². The van der Waals surface area contributed by atoms with Gasteiger partial charge in [0.1, 0.15) is 5.76 Å². The molecule has 220 valence electrons. The molecule has 4 nitrogen and oxygen atoms in total. The molecule has 8 heteroatoms. The molecule has 1 unspecified atom stereocenters. The van der Waals surface area contributed by atoms with Gasteiger partial charge in [0.05, 0.1) is 19.1 Å². The van der Waals surface area contributed by atoms with Crippen LogP contribution in [0.5, 0.6) is 0 Å². The first-order chi connectivity index (χ1) is 19.3. The van der Waals surface area contributed by atoms with Gasteiger partial charge in [-0.1, -0.05) is 48.0 Å². The summed E-state index contributed by atoms with van der Waals surface area (Å²) in [6.45, 7) is 10.9. The van der Waals surface area contributed by atoms with E-state index >= 15 is 0 Å². The molecule has 0 fully saturated rings. The van der Waals surface area contributed by atoms with Crippen molar-refractivity contribution in [1.82, 2.24) is 4.31 Å². The minimum Gasteiger partial charge on any atom is -0.468 e. The predicted octanol–water partition coefficient (Wildman–Crippen LogP) is 9.07. The van der Waals surface area contributed by atoms with Crippen LogP contribution >= 0.6 is 11.9 Å². The van der Waals surface area contributed by atoms with Crippen molar-refractivity contribution in [3.05, 3.63) is 93.9 Å². The van der Waals surface area contributed by atoms with Crippen molar-refractivity contribution in [1.29, 1.82) is 0 Å². The van der Waals surface area contributed by atoms with E-state index in [1.54, 1.807) is 11.9 Å². The smallest absolute Gasteiger partial charge is 0.449 e. The van der Waals surface area contributed by atoms with Crippen molar-refractivity contribution in [2.24, 2.45) is 5.92 Å². The highest BCUT2D eigenvalue weighted by Gasteiger charge is 2.35. The quantitative estimate of drug-likeness (QED) is 0.185. The number of hydrogen-bond acceptors (Lipinski definition) is 5. The Morgan fingerprint density at radius 3 is 2.37 bits per heavy atom. The number of allylic oxidation sites excluding steroid dienone is 2. The Morgan fingerprint density at radius 1 is 1.07 bits per heavy atom. The van der Waals surface area contributed by atoms with Crippen LogP contribution in [0.2, 0.25) is 0 Å². The van der Waals surface area contributed by atoms with Crippen LogP contribution in [0.4, 0.5) is 13.2 Å². The summed E-state index contributed by atoms with van der Waals surface area (Å²) < 4.78 is 51.9. The predicted molar refractivity (Wildman–Crippen MR) is 157 cm³/mol. The maximum atomic E-state index is 13.2. The summed E-state index contributed by atoms with van der Waals surface area (Å²) in [5, 5.41) is 0. The number of carbonyl (C=O) groups excluding carboxylic acids is 1. The van der Waals surface area contributed by atoms with Crippen molar-refractivity contribution in [3.8, 4) is 0 Å². The normalized spacial score (nSPS) is 16.1. The van der Waals surface area contributed by atoms with E-state index in [1.165, 1.54) is 24.3 Å². The second-order valence-corrected chi connectivity index (χ2v) is 12.6. The Bertz CT molecular complexity index is 1400. The molecule has 0 bridgehead atoms. The van der Waals surface area contributed by atoms with Crippen LogP contribution in [0.3, 0.4) is 0 Å². The van der Waals surface area contributed by atoms with Gasteiger partial charge in [0.15, 0.2) is 0 Å². The number of rotatable bonds is 9. The van der Waals surface area contributed by atoms with Crippen molar-refractivity contribution >= 4 is 23.5 Å². The zero-order valence-electron chi connectivity index (χ0n) is 24.5. The molecule has 3 aromatic rings. The molecule has 1 aliphatic carbocycles. The summed E-state index contributed by atoms with van der Waals surface area (Å²) in [5.74, 6) is -0.612. The number of carbonyl (C=O) groups is 1. The molecule has 0 N–H and O–H groups in total. The molecular weight excluding hydrogens is 547 g/mol. The van der Waals surface area contributed by atoms with Gasteiger partial charge in [-0.25, -0.2) is 4.31 Å². The van der Waals surface area contributed by atoms with E-state index in [0.29, 0.717) is 18.2 Å². The van der Waals surface area contributed by atoms with Crippen LogP contribution in [0, 0.1) is 26.7 Å². The standard InChI is InChI=1S/C33H38F3NO3S/c1-21-16-22(2)30(23(3)17-21)41-37(20-28-14-15-29(40-28)33(34,35)36)19-24-10-12-25(13-11-24)26-8-7-9-27(18-26)32(4,5)31(38)39-6/h7-9,12,14-18,24H,10-11,13,19-20H2,1-6H3. The van der Waals surface area contributed by atoms with Gasteiger partial charge >= 0.3 is 12.1 Å². The third kappa shape index (κ3) is 7.46. The molecule has 0 saturated carbocycles. The van der Waals surface area contributed by atoms with Crippen LogP contribution in [-0.2, 0) is 27.7 Å². The molecular formula is C33H38F3NO3S. The number of methoxy groups -OCH3 is 1. The maximum absolute atomic E-state index is 13.2. The van der Waals surface area contributed by atoms with Gasteiger partial charge in [-0.05, 0) is 112 Å². The molecule has 0 amide bonds. The number of nitrogens with zero attached hydrogens (tertiary/aromatic N) is 1. The first-order valence-electron chi connectivity index (χ1n) is 13.8. The van der Waals surface area contributed by atoms with Gasteiger partial charge in [-0.3, -0.25) is 4.79 Å². The average molecular weight is 586 g/mol. The average Bonchev–Trinajstić information content (AvgIpc) is 3.40. The zero-order valence-corrected chi connectivity index (χ0v) is 25.3. The van der Waals surface area contributed by atoms with Gasteiger partial charge < -0.3 is 9.15 Å². The summed E-state index contributed by atoms with van der Waals surface area (Å²) in [5.41, 5.74) is 5.99. The number of alkyl halides is 3. The topological polar surface area (TPSA) is 42.7 Å². The van der Waals surface area contributed by atoms with Gasteiger partial charge in [0.2, 0.25) is 5.76 Å². The van der Waals surface area contributed by atoms with Crippen LogP contribution in [-0.4, -0.2) is 23.9 Å². The lowest BCUT2D eigenvalue weighted by molar-refractivity contribution is -0.153. The third-order valence-electron chi connectivity index (χ3n) is 7.73. The number of hydrogen-bond donors (Lipinski definition) is 0. The molecule has 1 aliphatic rings. The first kappa shape index (κ1) is 31.0. The molecule has 2 aromatic carbocycles. The SMILES string of the molecule is COC(=O)C(C)(C)c1cccc(C2=CCC(CN(Cc3ccc(C(F)(F)F)o3)Sc3c(C)cc(C)cc3C)CC2)c1. The Morgan fingerprint density at radius 2 is 1.78 bits per heavy atom. The molecule has 0 aliphatic heterocycles. The minimum absolute atomic E-state index is 0.269. The molecule has 1 aromatic heterocycles. The molecule has 1 heterocycles. The zero-order chi connectivity index (χ0) is 29.9. The van der Waals surface area contributed by atoms with Crippen LogP contribution < -0.4 is 0 Å². The van der Waals surface area contributed by atoms with E-state index < -0.39 is 17.4 Å². The van der Waals surface area contributed by atoms with E-state index in [2.05, 4.69) is 55.4 Å². The van der Waals surface area contributed by atoms with Crippen molar-refractivity contribution in [2.75, 3.05) is 13.7 Å². The molecule has 41 heavy (non-hydrogen) atoms. The Hall–Kier alpha value is -2.97. The van der Waals surface area contributed by atoms with E-state index in [9.17, 15) is 18.0 Å². The van der Waals surface area contributed by atoms with Gasteiger partial charge in [-0.15, -0.1) is 0 Å². The fourth-order valence-electron chi connectivity index (χ4n) is 5.45. The van der Waals surface area contributed by atoms with Crippen LogP contribution in [0.1, 0.15) is 72.4 Å². The highest BCUT2D eigenvalue weighted by molar-refractivity contribution is 7.97. The summed E-state index contributed by atoms with van der Waals surface area (Å²) in [6.07, 6.45) is 0.444. The lowest BCUT2D eigenvalue weighted by Gasteiger charge is -2.29. The summed E-state index contributed by atoms with van der Waals surface area (Å²) >= 11 is 1.59. The number of benzene rings is 2. The molecule has 0 saturated heterocycles. The molecule has 1 atom stereocenters. The number of aryl methyl sites for hydroxylation is 3. The second kappa shape index (κ2) is 12.5. The Balaban J connectivity index is 1.52. The van der Waals surface area contributed by atoms with Gasteiger partial charge in [0.25, 0.3) is 0 Å². The third-order valence-corrected chi connectivity index (χ3v) is 9.09. The van der Waals surface area contributed by atoms with E-state index in [4.69, 9.17) is 9.15 Å². The minimum atomic E-state index is -4.51. The number of halogens is 3. The van der Waals surface area contributed by atoms with Crippen molar-refractivity contribution in [2.45, 2.75) is 76.9 Å². The maximum Gasteiger partial charge on any atom is 0.449 e. The lowest BCUT2D eigenvalue weighted by atomic mass is 9.81. The van der Waals surface area contributed by atoms with E-state index in [0.717, 1.165) is 52.5 Å². The van der Waals surface area contributed by atoms with Gasteiger partial charge in [-0.2, -0.15) is 13.2 Å². The van der Waals surface area contributed by atoms with E-state index in [1.807, 2.05) is 26.0 Å². The summed E-state index contributed by atoms with van der Waals surface area (Å²) in [4.78, 5) is 13.5. The monoisotopic (exact) mass is 585 g/mol. The first-order valence-corrected chi connectivity index (χ1v) is 14.6. The number of ether oxygens (including phenoxy) is 1. The second-order valence-electron chi connectivity index (χ2n) is 11.5. The summed E-state index contributed by atoms with van der Waals surface area (Å²) in [7, 11) is 1.40. The Kier molecular flexibility index (Phi) is 9.44. The van der Waals surface area contributed by atoms with Crippen molar-refractivity contribution in [3.63, 3.8) is 0 Å². The van der Waals surface area contributed by atoms with Crippen LogP contribution in [0.15, 0.2) is 63.9 Å². The highest BCUT2D eigenvalue weighted by Crippen LogP contribution is 2.38. The largest absolute Gasteiger partial charge is 0.468 e. The van der Waals surface area contributed by atoms with Crippen LogP contribution in [0.25, 0.3) is 5.57 Å². The fraction of sp³-hybridized carbons (Fsp3) is 0.424. The molecule has 0 radical (unpaired) electrons. The van der Waals surface area contributed by atoms with E-state index in [-0.39, 0.29) is 12.5 Å². The number of esters is 1. The van der Waals surface area contributed by atoms with Gasteiger partial charge in [0, 0.05) is 11.4 Å². The summed E-state index contributed by atoms with van der Waals surface area (Å²) in [6, 6.07) is 14.8. The molecule has 4 rings (SSSR count). The Labute approximate surface area is 245 Å². The fourth-order valence-corrected chi connectivity index (χ4v) is 6.59. The highest BCUT2D eigenvalue weighted by atomic mass is 32.2. The lowest BCUT2D eigenvalue weighted by Crippen LogP contribution is -2.30. The molecule has 0 spiro atoms.